The van der Waals surface area contributed by atoms with Gasteiger partial charge in [-0.05, 0) is 13.0 Å². The fraction of sp³-hybridized carbons (Fsp3) is 1.00. The summed E-state index contributed by atoms with van der Waals surface area (Å²) in [4.78, 5) is 2.45. The molecular formula is C13H30N2O2. The fourth-order valence-electron chi connectivity index (χ4n) is 1.57. The lowest BCUT2D eigenvalue weighted by Gasteiger charge is -2.21. The molecule has 4 heteroatoms. The Balaban J connectivity index is 3.35. The van der Waals surface area contributed by atoms with Crippen LogP contribution in [0.15, 0.2) is 0 Å². The summed E-state index contributed by atoms with van der Waals surface area (Å²) in [5.41, 5.74) is 0. The highest BCUT2D eigenvalue weighted by atomic mass is 16.5. The number of methoxy groups -OCH3 is 1. The predicted molar refractivity (Wildman–Crippen MR) is 72.6 cm³/mol. The first-order valence-electron chi connectivity index (χ1n) is 6.73. The zero-order chi connectivity index (χ0) is 12.9. The van der Waals surface area contributed by atoms with E-state index in [9.17, 15) is 0 Å². The van der Waals surface area contributed by atoms with E-state index >= 15 is 0 Å². The van der Waals surface area contributed by atoms with Gasteiger partial charge < -0.3 is 19.7 Å². The molecule has 0 aliphatic heterocycles. The number of likely N-dealkylation sites (N-methyl/N-ethyl adjacent to an activating group) is 1. The molecule has 0 aliphatic rings. The summed E-state index contributed by atoms with van der Waals surface area (Å²) < 4.78 is 10.4. The Morgan fingerprint density at radius 2 is 1.88 bits per heavy atom. The minimum atomic E-state index is 0.575. The van der Waals surface area contributed by atoms with E-state index in [1.54, 1.807) is 7.11 Å². The summed E-state index contributed by atoms with van der Waals surface area (Å²) in [7, 11) is 1.70. The first kappa shape index (κ1) is 16.8. The lowest BCUT2D eigenvalue weighted by atomic mass is 10.3. The van der Waals surface area contributed by atoms with Crippen LogP contribution in [0.2, 0.25) is 0 Å². The van der Waals surface area contributed by atoms with E-state index in [-0.39, 0.29) is 0 Å². The molecule has 104 valence electrons. The summed E-state index contributed by atoms with van der Waals surface area (Å²) >= 11 is 0. The van der Waals surface area contributed by atoms with Gasteiger partial charge in [-0.15, -0.1) is 0 Å². The Kier molecular flexibility index (Phi) is 12.2. The van der Waals surface area contributed by atoms with Crippen LogP contribution in [-0.2, 0) is 9.47 Å². The monoisotopic (exact) mass is 246 g/mol. The maximum atomic E-state index is 5.44. The zero-order valence-electron chi connectivity index (χ0n) is 12.0. The van der Waals surface area contributed by atoms with Crippen molar-refractivity contribution in [3.05, 3.63) is 0 Å². The van der Waals surface area contributed by atoms with Crippen LogP contribution < -0.4 is 5.32 Å². The molecule has 0 radical (unpaired) electrons. The lowest BCUT2D eigenvalue weighted by molar-refractivity contribution is 0.0655. The molecule has 0 aromatic carbocycles. The predicted octanol–water partition coefficient (Wildman–Crippen LogP) is 1.36. The average Bonchev–Trinajstić information content (AvgIpc) is 2.30. The highest BCUT2D eigenvalue weighted by Gasteiger charge is 2.02. The van der Waals surface area contributed by atoms with Crippen LogP contribution in [0.4, 0.5) is 0 Å². The van der Waals surface area contributed by atoms with Crippen LogP contribution in [0, 0.1) is 0 Å². The van der Waals surface area contributed by atoms with Gasteiger partial charge in [-0.3, -0.25) is 0 Å². The summed E-state index contributed by atoms with van der Waals surface area (Å²) in [5.74, 6) is 0. The Morgan fingerprint density at radius 1 is 1.12 bits per heavy atom. The van der Waals surface area contributed by atoms with Crippen molar-refractivity contribution in [1.29, 1.82) is 0 Å². The van der Waals surface area contributed by atoms with Gasteiger partial charge in [0.2, 0.25) is 0 Å². The topological polar surface area (TPSA) is 33.7 Å². The van der Waals surface area contributed by atoms with Crippen LogP contribution in [0.5, 0.6) is 0 Å². The summed E-state index contributed by atoms with van der Waals surface area (Å²) in [6, 6.07) is 0.575. The second-order valence-corrected chi connectivity index (χ2v) is 4.50. The van der Waals surface area contributed by atoms with Crippen LogP contribution in [0.3, 0.4) is 0 Å². The van der Waals surface area contributed by atoms with E-state index in [0.717, 1.165) is 39.2 Å². The molecule has 0 aromatic heterocycles. The van der Waals surface area contributed by atoms with E-state index in [1.807, 2.05) is 0 Å². The molecule has 0 amide bonds. The Hall–Kier alpha value is -0.160. The summed E-state index contributed by atoms with van der Waals surface area (Å²) in [6.45, 7) is 13.2. The van der Waals surface area contributed by atoms with E-state index in [2.05, 4.69) is 31.0 Å². The molecule has 0 aromatic rings. The molecule has 0 saturated carbocycles. The first-order valence-corrected chi connectivity index (χ1v) is 6.73. The van der Waals surface area contributed by atoms with Crippen LogP contribution in [0.1, 0.15) is 27.2 Å². The van der Waals surface area contributed by atoms with Crippen molar-refractivity contribution in [3.63, 3.8) is 0 Å². The molecule has 0 fully saturated rings. The Labute approximate surface area is 107 Å². The second-order valence-electron chi connectivity index (χ2n) is 4.50. The summed E-state index contributed by atoms with van der Waals surface area (Å²) in [5, 5.41) is 3.44. The van der Waals surface area contributed by atoms with Gasteiger partial charge in [0.05, 0.1) is 13.2 Å². The van der Waals surface area contributed by atoms with Gasteiger partial charge in [-0.1, -0.05) is 20.8 Å². The van der Waals surface area contributed by atoms with Crippen molar-refractivity contribution in [2.24, 2.45) is 0 Å². The summed E-state index contributed by atoms with van der Waals surface area (Å²) in [6.07, 6.45) is 1.10. The molecule has 0 saturated heterocycles. The van der Waals surface area contributed by atoms with Crippen molar-refractivity contribution in [1.82, 2.24) is 10.2 Å². The van der Waals surface area contributed by atoms with Crippen molar-refractivity contribution < 1.29 is 9.47 Å². The standard InChI is InChI=1S/C13H30N2O2/c1-5-15(9-7-14-13(2)3)8-6-10-17-12-11-16-4/h13-14H,5-12H2,1-4H3. The number of nitrogens with one attached hydrogen (secondary N) is 1. The van der Waals surface area contributed by atoms with E-state index in [1.165, 1.54) is 0 Å². The molecule has 0 aliphatic carbocycles. The van der Waals surface area contributed by atoms with Gasteiger partial charge in [0.1, 0.15) is 0 Å². The smallest absolute Gasteiger partial charge is 0.0700 e. The molecule has 0 unspecified atom stereocenters. The molecule has 0 bridgehead atoms. The third kappa shape index (κ3) is 12.1. The van der Waals surface area contributed by atoms with Gasteiger partial charge in [0.15, 0.2) is 0 Å². The molecule has 17 heavy (non-hydrogen) atoms. The SMILES string of the molecule is CCN(CCCOCCOC)CCNC(C)C. The third-order valence-electron chi connectivity index (χ3n) is 2.62. The van der Waals surface area contributed by atoms with Crippen molar-refractivity contribution in [2.45, 2.75) is 33.2 Å². The van der Waals surface area contributed by atoms with Gasteiger partial charge in [-0.25, -0.2) is 0 Å². The van der Waals surface area contributed by atoms with Gasteiger partial charge >= 0.3 is 0 Å². The maximum Gasteiger partial charge on any atom is 0.0700 e. The maximum absolute atomic E-state index is 5.44. The van der Waals surface area contributed by atoms with Crippen LogP contribution in [0.25, 0.3) is 0 Å². The van der Waals surface area contributed by atoms with Gasteiger partial charge in [0.25, 0.3) is 0 Å². The van der Waals surface area contributed by atoms with E-state index in [0.29, 0.717) is 19.3 Å². The molecule has 1 N–H and O–H groups in total. The van der Waals surface area contributed by atoms with E-state index < -0.39 is 0 Å². The number of nitrogens with zero attached hydrogens (tertiary/aromatic N) is 1. The molecule has 0 atom stereocenters. The molecule has 0 rings (SSSR count). The Bertz CT molecular complexity index is 154. The minimum Gasteiger partial charge on any atom is -0.382 e. The number of ether oxygens (including phenoxy) is 2. The van der Waals surface area contributed by atoms with E-state index in [4.69, 9.17) is 9.47 Å². The number of hydrogen-bond acceptors (Lipinski definition) is 4. The second kappa shape index (κ2) is 12.3. The van der Waals surface area contributed by atoms with Crippen molar-refractivity contribution in [2.75, 3.05) is 53.1 Å². The van der Waals surface area contributed by atoms with Crippen LogP contribution >= 0.6 is 0 Å². The largest absolute Gasteiger partial charge is 0.382 e. The van der Waals surface area contributed by atoms with Crippen molar-refractivity contribution >= 4 is 0 Å². The molecule has 0 heterocycles. The highest BCUT2D eigenvalue weighted by Crippen LogP contribution is 1.92. The zero-order valence-corrected chi connectivity index (χ0v) is 12.0. The molecule has 0 spiro atoms. The third-order valence-corrected chi connectivity index (χ3v) is 2.62. The minimum absolute atomic E-state index is 0.575. The number of rotatable bonds is 12. The Morgan fingerprint density at radius 3 is 2.47 bits per heavy atom. The fourth-order valence-corrected chi connectivity index (χ4v) is 1.57. The lowest BCUT2D eigenvalue weighted by Crippen LogP contribution is -2.35. The number of hydrogen-bond donors (Lipinski definition) is 1. The molecule has 4 nitrogen and oxygen atoms in total. The molecular weight excluding hydrogens is 216 g/mol. The van der Waals surface area contributed by atoms with Gasteiger partial charge in [-0.2, -0.15) is 0 Å². The highest BCUT2D eigenvalue weighted by molar-refractivity contribution is 4.60. The van der Waals surface area contributed by atoms with Crippen molar-refractivity contribution in [3.8, 4) is 0 Å². The average molecular weight is 246 g/mol. The van der Waals surface area contributed by atoms with Crippen LogP contribution in [-0.4, -0.2) is 64.1 Å². The first-order chi connectivity index (χ1) is 8.20. The quantitative estimate of drug-likeness (QED) is 0.527. The normalized spacial score (nSPS) is 11.6. The van der Waals surface area contributed by atoms with Gasteiger partial charge in [0, 0.05) is 39.4 Å².